The Morgan fingerprint density at radius 2 is 1.16 bits per heavy atom. The summed E-state index contributed by atoms with van der Waals surface area (Å²) in [6.45, 7) is 3.82. The number of ether oxygens (including phenoxy) is 1. The van der Waals surface area contributed by atoms with Crippen LogP contribution in [0.3, 0.4) is 0 Å². The van der Waals surface area contributed by atoms with Gasteiger partial charge in [0.05, 0.1) is 6.10 Å². The monoisotopic (exact) mass is 1320 g/mol. The largest absolute Gasteiger partial charge is 0.481 e. The number of amides is 8. The molecule has 0 bridgehead atoms. The number of primary amides is 2. The molecule has 0 saturated heterocycles. The number of nitrogens with zero attached hydrogens (tertiary/aromatic N) is 2. The van der Waals surface area contributed by atoms with Gasteiger partial charge in [-0.3, -0.25) is 67.5 Å². The van der Waals surface area contributed by atoms with Gasteiger partial charge >= 0.3 is 17.9 Å². The molecule has 0 radical (unpaired) electrons. The number of halogens is 1. The third-order valence-corrected chi connectivity index (χ3v) is 18.3. The second-order valence-corrected chi connectivity index (χ2v) is 24.8. The molecule has 510 valence electrons. The van der Waals surface area contributed by atoms with Gasteiger partial charge in [0.2, 0.25) is 53.0 Å². The number of carbonyl (C=O) groups excluding carboxylic acids is 11. The molecule has 0 aromatic heterocycles. The van der Waals surface area contributed by atoms with Crippen molar-refractivity contribution >= 4 is 100 Å². The number of fused-ring (bicyclic) bond motifs is 5. The number of guanidine groups is 2. The van der Waals surface area contributed by atoms with Crippen LogP contribution in [0.2, 0.25) is 0 Å². The van der Waals surface area contributed by atoms with Crippen LogP contribution in [0.4, 0.5) is 4.39 Å². The van der Waals surface area contributed by atoms with Gasteiger partial charge in [-0.2, -0.15) is 11.8 Å². The van der Waals surface area contributed by atoms with E-state index >= 15 is 4.39 Å². The van der Waals surface area contributed by atoms with E-state index in [0.29, 0.717) is 24.1 Å². The SMILES string of the molecule is CSCC[C@H](NC(=O)[C@H](CCC(=O)O)NC(=O)[C@H](CCC(=O)O)NC(=O)/C=C\C(=O)OCC(=O)[C@@]1(O)[C@@H](C)C[C@H]2[C@@H]3CCC4=CC(=O)C=C[C@]4(C)[C@@]3(F)[C@@H](O)C[C@@]21C)C(=O)N[C@@H](CCC(N)=O)C(=O)N[C@@H](CCCN=C(N)N)C(=O)N[C@@H](CCCN=C(N)N)C(N)=O. The highest BCUT2D eigenvalue weighted by atomic mass is 32.2. The number of aliphatic imine (C=N–C) groups is 2. The maximum absolute atomic E-state index is 17.7. The van der Waals surface area contributed by atoms with E-state index in [9.17, 15) is 82.8 Å². The normalized spacial score (nSPS) is 25.6. The molecule has 4 aliphatic rings. The van der Waals surface area contributed by atoms with Crippen molar-refractivity contribution in [1.29, 1.82) is 0 Å². The number of hydrogen-bond donors (Lipinski definition) is 16. The first-order valence-corrected chi connectivity index (χ1v) is 31.3. The van der Waals surface area contributed by atoms with Crippen molar-refractivity contribution < 1.29 is 91.9 Å². The molecule has 34 heteroatoms. The zero-order chi connectivity index (χ0) is 69.1. The van der Waals surface area contributed by atoms with Gasteiger partial charge in [0, 0.05) is 61.3 Å². The van der Waals surface area contributed by atoms with Crippen molar-refractivity contribution in [2.45, 2.75) is 171 Å². The van der Waals surface area contributed by atoms with E-state index in [0.717, 1.165) is 0 Å². The van der Waals surface area contributed by atoms with Crippen LogP contribution in [0.15, 0.2) is 45.9 Å². The Kier molecular flexibility index (Phi) is 27.8. The summed E-state index contributed by atoms with van der Waals surface area (Å²) in [5, 5.41) is 57.4. The van der Waals surface area contributed by atoms with E-state index in [2.05, 4.69) is 41.9 Å². The number of rotatable bonds is 37. The van der Waals surface area contributed by atoms with Crippen LogP contribution in [0.1, 0.15) is 117 Å². The number of aliphatic hydroxyl groups excluding tert-OH is 1. The molecule has 0 aromatic rings. The lowest BCUT2D eigenvalue weighted by atomic mass is 9.44. The number of nitrogens with two attached hydrogens (primary N) is 6. The van der Waals surface area contributed by atoms with Crippen molar-refractivity contribution in [2.24, 2.45) is 73.0 Å². The third kappa shape index (κ3) is 19.5. The van der Waals surface area contributed by atoms with E-state index in [1.807, 2.05) is 0 Å². The lowest BCUT2D eigenvalue weighted by Crippen LogP contribution is -2.69. The molecule has 0 unspecified atom stereocenters. The van der Waals surface area contributed by atoms with Crippen LogP contribution >= 0.6 is 11.8 Å². The Labute approximate surface area is 533 Å². The van der Waals surface area contributed by atoms with E-state index in [-0.39, 0.29) is 87.9 Å². The summed E-state index contributed by atoms with van der Waals surface area (Å²) in [7, 11) is 0. The summed E-state index contributed by atoms with van der Waals surface area (Å²) < 4.78 is 22.8. The van der Waals surface area contributed by atoms with E-state index < -0.39 is 198 Å². The number of hydrogen-bond acceptors (Lipinski definition) is 19. The molecular formula is C58H87FN14O18S. The quantitative estimate of drug-likeness (QED) is 0.00934. The highest BCUT2D eigenvalue weighted by molar-refractivity contribution is 7.98. The number of carbonyl (C=O) groups is 13. The van der Waals surface area contributed by atoms with Crippen LogP contribution in [-0.2, 0) is 67.1 Å². The van der Waals surface area contributed by atoms with E-state index in [1.54, 1.807) is 27.0 Å². The smallest absolute Gasteiger partial charge is 0.331 e. The molecule has 92 heavy (non-hydrogen) atoms. The van der Waals surface area contributed by atoms with Gasteiger partial charge in [-0.25, -0.2) is 9.18 Å². The van der Waals surface area contributed by atoms with E-state index in [1.165, 1.54) is 30.0 Å². The average molecular weight is 1320 g/mol. The molecule has 0 heterocycles. The summed E-state index contributed by atoms with van der Waals surface area (Å²) in [6, 6.07) is -9.57. The molecule has 3 saturated carbocycles. The summed E-state index contributed by atoms with van der Waals surface area (Å²) in [4.78, 5) is 178. The number of Topliss-reactive ketones (excluding diaryl/α,β-unsaturated/α-hetero) is 1. The summed E-state index contributed by atoms with van der Waals surface area (Å²) in [5.74, 6) is -16.6. The van der Waals surface area contributed by atoms with Crippen LogP contribution in [0.5, 0.6) is 0 Å². The lowest BCUT2D eigenvalue weighted by Gasteiger charge is -2.62. The van der Waals surface area contributed by atoms with Crippen LogP contribution in [0.25, 0.3) is 0 Å². The highest BCUT2D eigenvalue weighted by Gasteiger charge is 2.75. The average Bonchev–Trinajstić information content (AvgIpc) is 1.36. The number of aliphatic carboxylic acids is 2. The van der Waals surface area contributed by atoms with Gasteiger partial charge in [0.1, 0.15) is 41.9 Å². The Morgan fingerprint density at radius 1 is 0.696 bits per heavy atom. The number of thioether (sulfide) groups is 1. The maximum atomic E-state index is 17.7. The molecule has 0 spiro atoms. The lowest BCUT2D eigenvalue weighted by molar-refractivity contribution is -0.219. The second-order valence-electron chi connectivity index (χ2n) is 23.9. The van der Waals surface area contributed by atoms with Gasteiger partial charge in [0.15, 0.2) is 30.0 Å². The number of carboxylic acids is 2. The minimum Gasteiger partial charge on any atom is -0.481 e. The van der Waals surface area contributed by atoms with Crippen LogP contribution in [0, 0.1) is 28.6 Å². The van der Waals surface area contributed by atoms with Crippen molar-refractivity contribution in [3.8, 4) is 0 Å². The number of alkyl halides is 1. The van der Waals surface area contributed by atoms with Gasteiger partial charge in [0.25, 0.3) is 0 Å². The number of esters is 1. The minimum absolute atomic E-state index is 0.0214. The number of ketones is 2. The predicted molar refractivity (Wildman–Crippen MR) is 329 cm³/mol. The standard InChI is InChI=1S/C58H87FN14O18S/c1-29-25-33-32-10-9-30-26-31(74)19-21-55(30,2)57(32,59)40(75)27-56(33,3)58(29,90)41(76)28-91-46(83)18-15-43(78)68-36(12-16-44(79)80)49(86)72-38(13-17-45(81)82)51(88)73-39(20-24-92-4)52(89)71-37(11-14-42(60)77)50(87)70-35(8-6-23-67-54(64)65)48(85)69-34(47(61)84)7-5-22-66-53(62)63/h15,18-19,21,26,29,32-40,75,90H,5-14,16-17,20,22-25,27-28H2,1-4H3,(H2,60,77)(H2,61,84)(H,68,78)(H,69,85)(H,70,87)(H,71,89)(H,72,86)(H,73,88)(H,79,80)(H,81,82)(H4,62,63,66)(H4,64,65,67)/b18-15-/t29-,32-,33-,34-,35-,36-,37-,38-,39-,40-,55-,56-,57-,58-/m0/s1. The first-order valence-electron chi connectivity index (χ1n) is 29.9. The minimum atomic E-state index is -2.25. The fourth-order valence-corrected chi connectivity index (χ4v) is 13.3. The van der Waals surface area contributed by atoms with Crippen LogP contribution in [-0.4, -0.2) is 194 Å². The van der Waals surface area contributed by atoms with E-state index in [4.69, 9.17) is 39.1 Å². The molecule has 8 amide bonds. The van der Waals surface area contributed by atoms with Gasteiger partial charge in [-0.05, 0) is 120 Å². The molecule has 3 fully saturated rings. The molecule has 4 aliphatic carbocycles. The highest BCUT2D eigenvalue weighted by Crippen LogP contribution is 2.70. The number of aliphatic hydroxyl groups is 2. The molecule has 22 N–H and O–H groups in total. The Morgan fingerprint density at radius 3 is 1.64 bits per heavy atom. The molecule has 4 rings (SSSR count). The molecule has 32 nitrogen and oxygen atoms in total. The molecular weight excluding hydrogens is 1230 g/mol. The fourth-order valence-electron chi connectivity index (χ4n) is 12.9. The molecule has 0 aliphatic heterocycles. The zero-order valence-electron chi connectivity index (χ0n) is 51.7. The Balaban J connectivity index is 1.49. The van der Waals surface area contributed by atoms with Crippen molar-refractivity contribution in [2.75, 3.05) is 31.7 Å². The molecule has 14 atom stereocenters. The topological polar surface area (TPSA) is 565 Å². The van der Waals surface area contributed by atoms with Crippen molar-refractivity contribution in [1.82, 2.24) is 31.9 Å². The van der Waals surface area contributed by atoms with Crippen molar-refractivity contribution in [3.63, 3.8) is 0 Å². The number of allylic oxidation sites excluding steroid dienone is 4. The molecule has 0 aromatic carbocycles. The van der Waals surface area contributed by atoms with Crippen molar-refractivity contribution in [3.05, 3.63) is 36.0 Å². The first kappa shape index (κ1) is 75.9. The number of nitrogens with one attached hydrogen (secondary N) is 6. The van der Waals surface area contributed by atoms with Gasteiger partial charge in [-0.1, -0.05) is 25.5 Å². The first-order chi connectivity index (χ1) is 43.0. The Hall–Kier alpha value is -8.53. The number of carboxylic acid groups (broad SMARTS) is 2. The van der Waals surface area contributed by atoms with Crippen LogP contribution < -0.4 is 66.3 Å². The summed E-state index contributed by atoms with van der Waals surface area (Å²) in [6.07, 6.45) is 1.68. The second kappa shape index (κ2) is 33.7. The fraction of sp³-hybridized carbons (Fsp3) is 0.638. The maximum Gasteiger partial charge on any atom is 0.331 e. The summed E-state index contributed by atoms with van der Waals surface area (Å²) >= 11 is 1.21. The van der Waals surface area contributed by atoms with Gasteiger partial charge < -0.3 is 91.5 Å². The predicted octanol–water partition coefficient (Wildman–Crippen LogP) is -3.75. The zero-order valence-corrected chi connectivity index (χ0v) is 52.6. The Bertz CT molecular complexity index is 2980. The summed E-state index contributed by atoms with van der Waals surface area (Å²) in [5.41, 5.74) is 25.9. The third-order valence-electron chi connectivity index (χ3n) is 17.7. The van der Waals surface area contributed by atoms with Gasteiger partial charge in [-0.15, -0.1) is 0 Å².